The van der Waals surface area contributed by atoms with Gasteiger partial charge < -0.3 is 10.5 Å². The molecule has 1 aromatic heterocycles. The Kier molecular flexibility index (Phi) is 2.59. The molecule has 6 heteroatoms. The predicted octanol–water partition coefficient (Wildman–Crippen LogP) is 1.14. The third-order valence-electron chi connectivity index (χ3n) is 1.22. The minimum atomic E-state index is -2.92. The zero-order valence-corrected chi connectivity index (χ0v) is 6.37. The van der Waals surface area contributed by atoms with Crippen molar-refractivity contribution in [2.24, 2.45) is 0 Å². The summed E-state index contributed by atoms with van der Waals surface area (Å²) >= 11 is 0. The van der Waals surface area contributed by atoms with Gasteiger partial charge in [0.05, 0.1) is 11.9 Å². The number of nitriles is 1. The van der Waals surface area contributed by atoms with Crippen molar-refractivity contribution < 1.29 is 13.5 Å². The van der Waals surface area contributed by atoms with Crippen molar-refractivity contribution in [2.45, 2.75) is 6.61 Å². The quantitative estimate of drug-likeness (QED) is 0.749. The highest BCUT2D eigenvalue weighted by Crippen LogP contribution is 2.17. The van der Waals surface area contributed by atoms with E-state index in [1.54, 1.807) is 6.07 Å². The summed E-state index contributed by atoms with van der Waals surface area (Å²) in [4.78, 5) is 3.51. The van der Waals surface area contributed by atoms with Gasteiger partial charge in [0.1, 0.15) is 11.8 Å². The van der Waals surface area contributed by atoms with Crippen LogP contribution in [0.4, 0.5) is 14.5 Å². The number of alkyl halides is 2. The molecule has 0 atom stereocenters. The first-order valence-corrected chi connectivity index (χ1v) is 3.24. The summed E-state index contributed by atoms with van der Waals surface area (Å²) in [6.07, 6.45) is 1.01. The maximum atomic E-state index is 11.7. The summed E-state index contributed by atoms with van der Waals surface area (Å²) in [5.74, 6) is -0.161. The molecule has 0 aliphatic rings. The van der Waals surface area contributed by atoms with Gasteiger partial charge in [-0.05, 0) is 0 Å². The Hall–Kier alpha value is -1.90. The zero-order chi connectivity index (χ0) is 9.84. The fraction of sp³-hybridized carbons (Fsp3) is 0.143. The van der Waals surface area contributed by atoms with E-state index in [9.17, 15) is 8.78 Å². The number of nitrogens with zero attached hydrogens (tertiary/aromatic N) is 2. The molecule has 0 spiro atoms. The summed E-state index contributed by atoms with van der Waals surface area (Å²) < 4.78 is 27.4. The van der Waals surface area contributed by atoms with Crippen LogP contribution in [-0.4, -0.2) is 11.6 Å². The average molecular weight is 185 g/mol. The molecule has 4 nitrogen and oxygen atoms in total. The lowest BCUT2D eigenvalue weighted by atomic mass is 10.3. The molecule has 1 heterocycles. The molecular weight excluding hydrogens is 180 g/mol. The molecule has 0 radical (unpaired) electrons. The number of nitrogens with two attached hydrogens (primary N) is 1. The lowest BCUT2D eigenvalue weighted by Crippen LogP contribution is -2.03. The number of anilines is 1. The molecule has 0 saturated carbocycles. The summed E-state index contributed by atoms with van der Waals surface area (Å²) in [6.45, 7) is -2.92. The molecule has 0 saturated heterocycles. The molecule has 0 aliphatic carbocycles. The number of hydrogen-bond acceptors (Lipinski definition) is 4. The number of pyridine rings is 1. The molecule has 1 rings (SSSR count). The van der Waals surface area contributed by atoms with Crippen LogP contribution >= 0.6 is 0 Å². The second-order valence-corrected chi connectivity index (χ2v) is 2.10. The topological polar surface area (TPSA) is 71.9 Å². The first-order valence-electron chi connectivity index (χ1n) is 3.24. The summed E-state index contributed by atoms with van der Waals surface area (Å²) in [5, 5.41) is 8.41. The van der Waals surface area contributed by atoms with Gasteiger partial charge in [-0.25, -0.2) is 4.98 Å². The van der Waals surface area contributed by atoms with Crippen LogP contribution in [-0.2, 0) is 0 Å². The first kappa shape index (κ1) is 9.19. The highest BCUT2D eigenvalue weighted by atomic mass is 19.3. The average Bonchev–Trinajstić information content (AvgIpc) is 2.03. The minimum absolute atomic E-state index is 0.0124. The van der Waals surface area contributed by atoms with E-state index in [0.29, 0.717) is 0 Å². The predicted molar refractivity (Wildman–Crippen MR) is 40.0 cm³/mol. The number of halogens is 2. The molecule has 0 fully saturated rings. The Labute approximate surface area is 72.6 Å². The second kappa shape index (κ2) is 3.67. The number of ether oxygens (including phenoxy) is 1. The Morgan fingerprint density at radius 1 is 1.62 bits per heavy atom. The fourth-order valence-electron chi connectivity index (χ4n) is 0.722. The van der Waals surface area contributed by atoms with Gasteiger partial charge >= 0.3 is 6.61 Å². The third kappa shape index (κ3) is 2.27. The van der Waals surface area contributed by atoms with E-state index in [4.69, 9.17) is 11.0 Å². The molecule has 1 aromatic rings. The third-order valence-corrected chi connectivity index (χ3v) is 1.22. The van der Waals surface area contributed by atoms with Crippen LogP contribution in [0.5, 0.6) is 5.75 Å². The largest absolute Gasteiger partial charge is 0.433 e. The van der Waals surface area contributed by atoms with Crippen LogP contribution in [0.1, 0.15) is 5.69 Å². The van der Waals surface area contributed by atoms with Crippen molar-refractivity contribution in [1.82, 2.24) is 4.98 Å². The molecule has 0 aromatic carbocycles. The van der Waals surface area contributed by atoms with E-state index in [2.05, 4.69) is 9.72 Å². The molecule has 68 valence electrons. The maximum Gasteiger partial charge on any atom is 0.387 e. The molecule has 0 unspecified atom stereocenters. The van der Waals surface area contributed by atoms with Crippen LogP contribution in [0.2, 0.25) is 0 Å². The van der Waals surface area contributed by atoms with Crippen molar-refractivity contribution >= 4 is 5.69 Å². The van der Waals surface area contributed by atoms with Crippen molar-refractivity contribution in [2.75, 3.05) is 5.73 Å². The van der Waals surface area contributed by atoms with Crippen LogP contribution in [0.15, 0.2) is 12.3 Å². The standard InChI is InChI=1S/C7H5F2N3O/c8-7(9)13-4-1-5(11)6(2-10)12-3-4/h1,3,7H,11H2. The first-order chi connectivity index (χ1) is 6.13. The van der Waals surface area contributed by atoms with Gasteiger partial charge in [0.2, 0.25) is 0 Å². The number of nitrogen functional groups attached to an aromatic ring is 1. The van der Waals surface area contributed by atoms with E-state index in [0.717, 1.165) is 12.3 Å². The van der Waals surface area contributed by atoms with Crippen molar-refractivity contribution in [3.05, 3.63) is 18.0 Å². The molecule has 0 aliphatic heterocycles. The van der Waals surface area contributed by atoms with Crippen molar-refractivity contribution in [3.8, 4) is 11.8 Å². The lowest BCUT2D eigenvalue weighted by molar-refractivity contribution is -0.0500. The molecule has 2 N–H and O–H groups in total. The van der Waals surface area contributed by atoms with Crippen molar-refractivity contribution in [3.63, 3.8) is 0 Å². The highest BCUT2D eigenvalue weighted by Gasteiger charge is 2.06. The maximum absolute atomic E-state index is 11.7. The number of rotatable bonds is 2. The van der Waals surface area contributed by atoms with Crippen LogP contribution < -0.4 is 10.5 Å². The van der Waals surface area contributed by atoms with E-state index in [1.807, 2.05) is 0 Å². The van der Waals surface area contributed by atoms with Crippen LogP contribution in [0.25, 0.3) is 0 Å². The molecule has 13 heavy (non-hydrogen) atoms. The van der Waals surface area contributed by atoms with Gasteiger partial charge in [0.15, 0.2) is 5.69 Å². The normalized spacial score (nSPS) is 9.69. The highest BCUT2D eigenvalue weighted by molar-refractivity contribution is 5.52. The minimum Gasteiger partial charge on any atom is -0.433 e. The Morgan fingerprint density at radius 2 is 2.31 bits per heavy atom. The molecular formula is C7H5F2N3O. The van der Waals surface area contributed by atoms with E-state index in [1.165, 1.54) is 0 Å². The monoisotopic (exact) mass is 185 g/mol. The van der Waals surface area contributed by atoms with Crippen molar-refractivity contribution in [1.29, 1.82) is 5.26 Å². The van der Waals surface area contributed by atoms with Gasteiger partial charge in [-0.2, -0.15) is 14.0 Å². The molecule has 0 amide bonds. The Bertz CT molecular complexity index is 348. The number of hydrogen-bond donors (Lipinski definition) is 1. The lowest BCUT2D eigenvalue weighted by Gasteiger charge is -2.04. The van der Waals surface area contributed by atoms with E-state index < -0.39 is 6.61 Å². The summed E-state index contributed by atoms with van der Waals surface area (Å²) in [7, 11) is 0. The van der Waals surface area contributed by atoms with Gasteiger partial charge in [-0.1, -0.05) is 0 Å². The number of aromatic nitrogens is 1. The van der Waals surface area contributed by atoms with Crippen LogP contribution in [0, 0.1) is 11.3 Å². The zero-order valence-electron chi connectivity index (χ0n) is 6.37. The van der Waals surface area contributed by atoms with Gasteiger partial charge in [-0.15, -0.1) is 0 Å². The fourth-order valence-corrected chi connectivity index (χ4v) is 0.722. The van der Waals surface area contributed by atoms with Gasteiger partial charge in [0, 0.05) is 6.07 Å². The Balaban J connectivity index is 2.91. The molecule has 0 bridgehead atoms. The van der Waals surface area contributed by atoms with Gasteiger partial charge in [-0.3, -0.25) is 0 Å². The SMILES string of the molecule is N#Cc1ncc(OC(F)F)cc1N. The Morgan fingerprint density at radius 3 is 2.77 bits per heavy atom. The smallest absolute Gasteiger partial charge is 0.387 e. The van der Waals surface area contributed by atoms with E-state index in [-0.39, 0.29) is 17.1 Å². The second-order valence-electron chi connectivity index (χ2n) is 2.10. The van der Waals surface area contributed by atoms with E-state index >= 15 is 0 Å². The summed E-state index contributed by atoms with van der Waals surface area (Å²) in [5.41, 5.74) is 5.30. The van der Waals surface area contributed by atoms with Gasteiger partial charge in [0.25, 0.3) is 0 Å². The van der Waals surface area contributed by atoms with Crippen LogP contribution in [0.3, 0.4) is 0 Å². The summed E-state index contributed by atoms with van der Waals surface area (Å²) in [6, 6.07) is 2.82.